The molecule has 1 saturated heterocycles. The van der Waals surface area contributed by atoms with Gasteiger partial charge in [-0.2, -0.15) is 0 Å². The molecule has 1 aromatic carbocycles. The van der Waals surface area contributed by atoms with Crippen LogP contribution in [0.5, 0.6) is 11.5 Å². The van der Waals surface area contributed by atoms with Crippen LogP contribution in [0.3, 0.4) is 0 Å². The molecule has 3 rings (SSSR count). The fourth-order valence-electron chi connectivity index (χ4n) is 2.88. The molecule has 2 aliphatic heterocycles. The maximum Gasteiger partial charge on any atom is 0.161 e. The predicted molar refractivity (Wildman–Crippen MR) is 80.9 cm³/mol. The molecular weight excluding hydrogens is 268 g/mol. The summed E-state index contributed by atoms with van der Waals surface area (Å²) >= 11 is 0. The number of benzene rings is 1. The monoisotopic (exact) mass is 292 g/mol. The third-order valence-electron chi connectivity index (χ3n) is 4.27. The highest BCUT2D eigenvalue weighted by Gasteiger charge is 2.19. The van der Waals surface area contributed by atoms with E-state index in [-0.39, 0.29) is 0 Å². The molecule has 2 heterocycles. The molecule has 0 aromatic heterocycles. The van der Waals surface area contributed by atoms with Crippen molar-refractivity contribution in [3.8, 4) is 11.5 Å². The van der Waals surface area contributed by atoms with Crippen LogP contribution in [0.25, 0.3) is 0 Å². The molecule has 1 unspecified atom stereocenters. The Hall–Kier alpha value is -1.30. The Bertz CT molecular complexity index is 473. The number of piperidine rings is 1. The molecule has 21 heavy (non-hydrogen) atoms. The lowest BCUT2D eigenvalue weighted by molar-refractivity contribution is 0.153. The van der Waals surface area contributed by atoms with Crippen LogP contribution in [0.1, 0.15) is 24.5 Å². The summed E-state index contributed by atoms with van der Waals surface area (Å²) in [7, 11) is 2.15. The Morgan fingerprint density at radius 1 is 1.24 bits per heavy atom. The molecular formula is C16H24N2O3. The lowest BCUT2D eigenvalue weighted by atomic mass is 10.0. The second-order valence-electron chi connectivity index (χ2n) is 5.90. The SMILES string of the molecule is CN1CCC(NCC(O)c2ccc3c(c2)OCCO3)CC1. The van der Waals surface area contributed by atoms with Crippen LogP contribution < -0.4 is 14.8 Å². The van der Waals surface area contributed by atoms with E-state index in [0.717, 1.165) is 43.0 Å². The molecule has 1 aromatic rings. The number of nitrogens with zero attached hydrogens (tertiary/aromatic N) is 1. The number of hydrogen-bond donors (Lipinski definition) is 2. The van der Waals surface area contributed by atoms with E-state index in [1.54, 1.807) is 0 Å². The summed E-state index contributed by atoms with van der Waals surface area (Å²) in [5, 5.41) is 13.8. The van der Waals surface area contributed by atoms with E-state index in [2.05, 4.69) is 17.3 Å². The van der Waals surface area contributed by atoms with Gasteiger partial charge in [-0.05, 0) is 50.7 Å². The normalized spacial score (nSPS) is 21.2. The zero-order valence-corrected chi connectivity index (χ0v) is 12.5. The van der Waals surface area contributed by atoms with Crippen molar-refractivity contribution in [1.29, 1.82) is 0 Å². The average molecular weight is 292 g/mol. The van der Waals surface area contributed by atoms with Gasteiger partial charge in [-0.1, -0.05) is 6.07 Å². The topological polar surface area (TPSA) is 54.0 Å². The number of likely N-dealkylation sites (tertiary alicyclic amines) is 1. The van der Waals surface area contributed by atoms with E-state index in [0.29, 0.717) is 25.8 Å². The van der Waals surface area contributed by atoms with Gasteiger partial charge in [0.25, 0.3) is 0 Å². The quantitative estimate of drug-likeness (QED) is 0.872. The molecule has 2 aliphatic rings. The molecule has 1 atom stereocenters. The van der Waals surface area contributed by atoms with Gasteiger partial charge in [0.05, 0.1) is 6.10 Å². The highest BCUT2D eigenvalue weighted by atomic mass is 16.6. The molecule has 1 fully saturated rings. The number of fused-ring (bicyclic) bond motifs is 1. The van der Waals surface area contributed by atoms with E-state index in [9.17, 15) is 5.11 Å². The fourth-order valence-corrected chi connectivity index (χ4v) is 2.88. The molecule has 5 heteroatoms. The molecule has 5 nitrogen and oxygen atoms in total. The highest BCUT2D eigenvalue weighted by Crippen LogP contribution is 2.32. The summed E-state index contributed by atoms with van der Waals surface area (Å²) in [6.45, 7) is 3.98. The second kappa shape index (κ2) is 6.64. The summed E-state index contributed by atoms with van der Waals surface area (Å²) in [4.78, 5) is 2.34. The number of aliphatic hydroxyl groups excluding tert-OH is 1. The highest BCUT2D eigenvalue weighted by molar-refractivity contribution is 5.44. The molecule has 0 spiro atoms. The summed E-state index contributed by atoms with van der Waals surface area (Å²) in [5.41, 5.74) is 0.875. The van der Waals surface area contributed by atoms with Gasteiger partial charge in [0.15, 0.2) is 11.5 Å². The van der Waals surface area contributed by atoms with Crippen molar-refractivity contribution >= 4 is 0 Å². The number of aliphatic hydroxyl groups is 1. The molecule has 116 valence electrons. The molecule has 0 saturated carbocycles. The van der Waals surface area contributed by atoms with E-state index in [4.69, 9.17) is 9.47 Å². The van der Waals surface area contributed by atoms with Crippen LogP contribution in [0.2, 0.25) is 0 Å². The summed E-state index contributed by atoms with van der Waals surface area (Å²) < 4.78 is 11.1. The van der Waals surface area contributed by atoms with Crippen LogP contribution in [0, 0.1) is 0 Å². The van der Waals surface area contributed by atoms with Gasteiger partial charge in [0.1, 0.15) is 13.2 Å². The Kier molecular flexibility index (Phi) is 4.63. The van der Waals surface area contributed by atoms with Crippen LogP contribution >= 0.6 is 0 Å². The van der Waals surface area contributed by atoms with Crippen LogP contribution in [0.4, 0.5) is 0 Å². The van der Waals surface area contributed by atoms with E-state index in [1.807, 2.05) is 18.2 Å². The van der Waals surface area contributed by atoms with Crippen molar-refractivity contribution in [3.63, 3.8) is 0 Å². The standard InChI is InChI=1S/C16H24N2O3/c1-18-6-4-13(5-7-18)17-11-14(19)12-2-3-15-16(10-12)21-9-8-20-15/h2-3,10,13-14,17,19H,4-9,11H2,1H3. The van der Waals surface area contributed by atoms with Gasteiger partial charge in [-0.15, -0.1) is 0 Å². The molecule has 0 aliphatic carbocycles. The number of ether oxygens (including phenoxy) is 2. The van der Waals surface area contributed by atoms with Crippen LogP contribution in [-0.4, -0.2) is 55.9 Å². The van der Waals surface area contributed by atoms with Crippen molar-refractivity contribution in [2.75, 3.05) is 39.9 Å². The average Bonchev–Trinajstić information content (AvgIpc) is 2.53. The van der Waals surface area contributed by atoms with Gasteiger partial charge in [0, 0.05) is 12.6 Å². The van der Waals surface area contributed by atoms with Gasteiger partial charge in [-0.3, -0.25) is 0 Å². The summed E-state index contributed by atoms with van der Waals surface area (Å²) in [6.07, 6.45) is 1.77. The molecule has 0 radical (unpaired) electrons. The maximum atomic E-state index is 10.3. The van der Waals surface area contributed by atoms with Crippen molar-refractivity contribution in [3.05, 3.63) is 23.8 Å². The van der Waals surface area contributed by atoms with Crippen molar-refractivity contribution in [2.45, 2.75) is 25.0 Å². The third-order valence-corrected chi connectivity index (χ3v) is 4.27. The lowest BCUT2D eigenvalue weighted by Gasteiger charge is -2.30. The van der Waals surface area contributed by atoms with Gasteiger partial charge in [0.2, 0.25) is 0 Å². The van der Waals surface area contributed by atoms with Crippen molar-refractivity contribution in [1.82, 2.24) is 10.2 Å². The van der Waals surface area contributed by atoms with Crippen LogP contribution in [0.15, 0.2) is 18.2 Å². The Labute approximate surface area is 125 Å². The summed E-state index contributed by atoms with van der Waals surface area (Å²) in [5.74, 6) is 1.50. The summed E-state index contributed by atoms with van der Waals surface area (Å²) in [6, 6.07) is 6.18. The molecule has 2 N–H and O–H groups in total. The van der Waals surface area contributed by atoms with Gasteiger partial charge >= 0.3 is 0 Å². The molecule has 0 bridgehead atoms. The first kappa shape index (κ1) is 14.6. The minimum absolute atomic E-state index is 0.507. The third kappa shape index (κ3) is 3.67. The Morgan fingerprint density at radius 3 is 2.71 bits per heavy atom. The van der Waals surface area contributed by atoms with E-state index in [1.165, 1.54) is 0 Å². The van der Waals surface area contributed by atoms with Crippen LogP contribution in [-0.2, 0) is 0 Å². The molecule has 0 amide bonds. The van der Waals surface area contributed by atoms with E-state index >= 15 is 0 Å². The fraction of sp³-hybridized carbons (Fsp3) is 0.625. The van der Waals surface area contributed by atoms with E-state index < -0.39 is 6.10 Å². The lowest BCUT2D eigenvalue weighted by Crippen LogP contribution is -2.42. The van der Waals surface area contributed by atoms with Gasteiger partial charge < -0.3 is 24.8 Å². The zero-order chi connectivity index (χ0) is 14.7. The second-order valence-corrected chi connectivity index (χ2v) is 5.90. The largest absolute Gasteiger partial charge is 0.486 e. The number of nitrogens with one attached hydrogen (secondary N) is 1. The minimum Gasteiger partial charge on any atom is -0.486 e. The van der Waals surface area contributed by atoms with Gasteiger partial charge in [-0.25, -0.2) is 0 Å². The van der Waals surface area contributed by atoms with Crippen molar-refractivity contribution < 1.29 is 14.6 Å². The Balaban J connectivity index is 1.54. The maximum absolute atomic E-state index is 10.3. The smallest absolute Gasteiger partial charge is 0.161 e. The first-order valence-electron chi connectivity index (χ1n) is 7.72. The number of hydrogen-bond acceptors (Lipinski definition) is 5. The number of rotatable bonds is 4. The Morgan fingerprint density at radius 2 is 1.95 bits per heavy atom. The predicted octanol–water partition coefficient (Wildman–Crippen LogP) is 1.17. The first-order valence-corrected chi connectivity index (χ1v) is 7.72. The first-order chi connectivity index (χ1) is 10.2. The minimum atomic E-state index is -0.513. The van der Waals surface area contributed by atoms with Crippen molar-refractivity contribution in [2.24, 2.45) is 0 Å². The zero-order valence-electron chi connectivity index (χ0n) is 12.5.